The number of aryl methyl sites for hydroxylation is 2. The third kappa shape index (κ3) is 3.63. The van der Waals surface area contributed by atoms with Gasteiger partial charge in [0.25, 0.3) is 5.56 Å². The van der Waals surface area contributed by atoms with Crippen LogP contribution < -0.4 is 15.6 Å². The Morgan fingerprint density at radius 3 is 2.76 bits per heavy atom. The van der Waals surface area contributed by atoms with Crippen LogP contribution in [0.4, 0.5) is 0 Å². The van der Waals surface area contributed by atoms with Gasteiger partial charge in [-0.1, -0.05) is 12.1 Å². The van der Waals surface area contributed by atoms with Crippen molar-refractivity contribution in [2.45, 2.75) is 19.9 Å². The normalized spacial score (nSPS) is 11.3. The van der Waals surface area contributed by atoms with E-state index in [9.17, 15) is 9.59 Å². The number of benzene rings is 1. The molecule has 8 heteroatoms. The van der Waals surface area contributed by atoms with Crippen LogP contribution in [0.15, 0.2) is 41.3 Å². The van der Waals surface area contributed by atoms with E-state index in [2.05, 4.69) is 16.5 Å². The van der Waals surface area contributed by atoms with Crippen molar-refractivity contribution in [3.63, 3.8) is 0 Å². The molecule has 1 aromatic carbocycles. The second-order valence-corrected chi connectivity index (χ2v) is 8.20. The maximum absolute atomic E-state index is 12.9. The number of rotatable bonds is 6. The molecule has 4 rings (SSSR count). The molecule has 1 N–H and O–H groups in total. The molecule has 0 aliphatic rings. The molecule has 0 spiro atoms. The Labute approximate surface area is 171 Å². The van der Waals surface area contributed by atoms with E-state index in [1.54, 1.807) is 24.6 Å². The van der Waals surface area contributed by atoms with Crippen molar-refractivity contribution in [2.75, 3.05) is 13.7 Å². The lowest BCUT2D eigenvalue weighted by atomic mass is 10.1. The van der Waals surface area contributed by atoms with Crippen LogP contribution in [0.25, 0.3) is 21.1 Å². The van der Waals surface area contributed by atoms with Gasteiger partial charge in [-0.25, -0.2) is 4.68 Å². The first-order valence-electron chi connectivity index (χ1n) is 9.32. The Hall–Kier alpha value is -3.13. The first-order valence-corrected chi connectivity index (χ1v) is 10.1. The van der Waals surface area contributed by atoms with E-state index in [0.717, 1.165) is 26.9 Å². The Kier molecular flexibility index (Phi) is 5.10. The minimum absolute atomic E-state index is 0.102. The number of carbonyl (C=O) groups is 1. The van der Waals surface area contributed by atoms with Gasteiger partial charge in [0.05, 0.1) is 23.5 Å². The summed E-state index contributed by atoms with van der Waals surface area (Å²) < 4.78 is 9.30. The summed E-state index contributed by atoms with van der Waals surface area (Å²) in [5.74, 6) is 0.564. The van der Waals surface area contributed by atoms with Gasteiger partial charge in [0, 0.05) is 23.9 Å². The lowest BCUT2D eigenvalue weighted by Gasteiger charge is -2.08. The number of hydrogen-bond donors (Lipinski definition) is 1. The average Bonchev–Trinajstić information content (AvgIpc) is 3.21. The number of hydrogen-bond acceptors (Lipinski definition) is 5. The number of aromatic nitrogens is 3. The zero-order valence-corrected chi connectivity index (χ0v) is 17.4. The van der Waals surface area contributed by atoms with Crippen molar-refractivity contribution in [1.29, 1.82) is 0 Å². The van der Waals surface area contributed by atoms with Gasteiger partial charge in [-0.2, -0.15) is 5.10 Å². The van der Waals surface area contributed by atoms with Gasteiger partial charge in [0.15, 0.2) is 0 Å². The monoisotopic (exact) mass is 410 g/mol. The van der Waals surface area contributed by atoms with E-state index in [1.807, 2.05) is 42.8 Å². The van der Waals surface area contributed by atoms with Crippen LogP contribution in [-0.2, 0) is 24.8 Å². The third-order valence-corrected chi connectivity index (χ3v) is 6.06. The molecule has 0 unspecified atom stereocenters. The van der Waals surface area contributed by atoms with Crippen LogP contribution in [0.1, 0.15) is 10.4 Å². The predicted octanol–water partition coefficient (Wildman–Crippen LogP) is 2.63. The Morgan fingerprint density at radius 1 is 1.28 bits per heavy atom. The van der Waals surface area contributed by atoms with E-state index >= 15 is 0 Å². The molecule has 4 aromatic rings. The molecular weight excluding hydrogens is 388 g/mol. The zero-order valence-electron chi connectivity index (χ0n) is 16.6. The Morgan fingerprint density at radius 2 is 2.03 bits per heavy atom. The standard InChI is InChI=1S/C21H22N4O3S/c1-13-10-17-20(29-13)16-11-23-25(21(27)19(16)24(17)2)12-18(26)22-9-8-14-4-6-15(28-3)7-5-14/h4-7,10-11H,8-9,12H2,1-3H3,(H,22,26). The minimum atomic E-state index is -0.253. The lowest BCUT2D eigenvalue weighted by Crippen LogP contribution is -2.34. The van der Waals surface area contributed by atoms with Crippen molar-refractivity contribution in [3.05, 3.63) is 57.3 Å². The van der Waals surface area contributed by atoms with E-state index in [1.165, 1.54) is 9.56 Å². The summed E-state index contributed by atoms with van der Waals surface area (Å²) in [6, 6.07) is 9.78. The SMILES string of the molecule is COc1ccc(CCNC(=O)Cn2ncc3c4sc(C)cc4n(C)c3c2=O)cc1. The molecule has 3 heterocycles. The molecule has 0 radical (unpaired) electrons. The Balaban J connectivity index is 1.45. The molecule has 0 bridgehead atoms. The van der Waals surface area contributed by atoms with E-state index in [0.29, 0.717) is 18.5 Å². The molecule has 0 aliphatic heterocycles. The predicted molar refractivity (Wildman–Crippen MR) is 115 cm³/mol. The molecule has 29 heavy (non-hydrogen) atoms. The number of nitrogens with one attached hydrogen (secondary N) is 1. The van der Waals surface area contributed by atoms with Gasteiger partial charge in [-0.3, -0.25) is 9.59 Å². The number of ether oxygens (including phenoxy) is 1. The van der Waals surface area contributed by atoms with Crippen molar-refractivity contribution < 1.29 is 9.53 Å². The van der Waals surface area contributed by atoms with Crippen LogP contribution in [0.3, 0.4) is 0 Å². The molecule has 0 saturated carbocycles. The summed E-state index contributed by atoms with van der Waals surface area (Å²) in [7, 11) is 3.50. The number of amides is 1. The molecule has 150 valence electrons. The number of carbonyl (C=O) groups excluding carboxylic acids is 1. The van der Waals surface area contributed by atoms with Crippen molar-refractivity contribution >= 4 is 38.4 Å². The fourth-order valence-corrected chi connectivity index (χ4v) is 4.53. The summed E-state index contributed by atoms with van der Waals surface area (Å²) in [6.45, 7) is 2.43. The summed E-state index contributed by atoms with van der Waals surface area (Å²) >= 11 is 1.65. The fourth-order valence-electron chi connectivity index (χ4n) is 3.48. The summed E-state index contributed by atoms with van der Waals surface area (Å²) in [6.07, 6.45) is 2.38. The number of nitrogens with zero attached hydrogens (tertiary/aromatic N) is 3. The zero-order chi connectivity index (χ0) is 20.5. The van der Waals surface area contributed by atoms with Crippen molar-refractivity contribution in [3.8, 4) is 5.75 Å². The van der Waals surface area contributed by atoms with Crippen LogP contribution >= 0.6 is 11.3 Å². The smallest absolute Gasteiger partial charge is 0.291 e. The largest absolute Gasteiger partial charge is 0.497 e. The molecule has 0 atom stereocenters. The highest BCUT2D eigenvalue weighted by Crippen LogP contribution is 2.32. The Bertz CT molecular complexity index is 1250. The van der Waals surface area contributed by atoms with E-state index in [4.69, 9.17) is 4.74 Å². The molecule has 0 saturated heterocycles. The van der Waals surface area contributed by atoms with Crippen LogP contribution in [0.5, 0.6) is 5.75 Å². The summed E-state index contributed by atoms with van der Waals surface area (Å²) in [4.78, 5) is 26.4. The highest BCUT2D eigenvalue weighted by molar-refractivity contribution is 7.20. The van der Waals surface area contributed by atoms with E-state index in [-0.39, 0.29) is 18.0 Å². The highest BCUT2D eigenvalue weighted by atomic mass is 32.1. The lowest BCUT2D eigenvalue weighted by molar-refractivity contribution is -0.121. The second kappa shape index (κ2) is 7.71. The van der Waals surface area contributed by atoms with Crippen LogP contribution in [0, 0.1) is 6.92 Å². The second-order valence-electron chi connectivity index (χ2n) is 6.95. The van der Waals surface area contributed by atoms with Crippen molar-refractivity contribution in [1.82, 2.24) is 19.7 Å². The maximum Gasteiger partial charge on any atom is 0.291 e. The van der Waals surface area contributed by atoms with Gasteiger partial charge in [0.2, 0.25) is 5.91 Å². The summed E-state index contributed by atoms with van der Waals surface area (Å²) in [5.41, 5.74) is 2.44. The molecule has 1 amide bonds. The minimum Gasteiger partial charge on any atom is -0.497 e. The van der Waals surface area contributed by atoms with Gasteiger partial charge >= 0.3 is 0 Å². The molecule has 7 nitrogen and oxygen atoms in total. The first kappa shape index (κ1) is 19.2. The van der Waals surface area contributed by atoms with Crippen LogP contribution in [0.2, 0.25) is 0 Å². The van der Waals surface area contributed by atoms with Gasteiger partial charge in [-0.05, 0) is 37.1 Å². The topological polar surface area (TPSA) is 78.2 Å². The maximum atomic E-state index is 12.9. The molecular formula is C21H22N4O3S. The van der Waals surface area contributed by atoms with Crippen molar-refractivity contribution in [2.24, 2.45) is 7.05 Å². The number of fused-ring (bicyclic) bond motifs is 3. The molecule has 3 aromatic heterocycles. The van der Waals surface area contributed by atoms with E-state index < -0.39 is 0 Å². The number of thiophene rings is 1. The van der Waals surface area contributed by atoms with Gasteiger partial charge < -0.3 is 14.6 Å². The van der Waals surface area contributed by atoms with Gasteiger partial charge in [-0.15, -0.1) is 11.3 Å². The summed E-state index contributed by atoms with van der Waals surface area (Å²) in [5, 5.41) is 7.91. The highest BCUT2D eigenvalue weighted by Gasteiger charge is 2.16. The van der Waals surface area contributed by atoms with Crippen LogP contribution in [-0.4, -0.2) is 33.9 Å². The molecule has 0 aliphatic carbocycles. The quantitative estimate of drug-likeness (QED) is 0.530. The number of methoxy groups -OCH3 is 1. The first-order chi connectivity index (χ1) is 14.0. The molecule has 0 fully saturated rings. The fraction of sp³-hybridized carbons (Fsp3) is 0.286. The van der Waals surface area contributed by atoms with Gasteiger partial charge in [0.1, 0.15) is 17.8 Å². The average molecular weight is 410 g/mol. The third-order valence-electron chi connectivity index (χ3n) is 4.98.